The molecule has 14 heavy (non-hydrogen) atoms. The maximum Gasteiger partial charge on any atom is 0.126 e. The van der Waals surface area contributed by atoms with Crippen LogP contribution in [0.3, 0.4) is 0 Å². The molecule has 0 aromatic carbocycles. The van der Waals surface area contributed by atoms with Gasteiger partial charge in [-0.15, -0.1) is 11.8 Å². The summed E-state index contributed by atoms with van der Waals surface area (Å²) in [6.07, 6.45) is 2.64. The van der Waals surface area contributed by atoms with E-state index in [1.807, 2.05) is 19.1 Å². The topological polar surface area (TPSA) is 45.1 Å². The van der Waals surface area contributed by atoms with Crippen LogP contribution >= 0.6 is 11.8 Å². The van der Waals surface area contributed by atoms with Gasteiger partial charge in [0.2, 0.25) is 0 Å². The number of hydrogen-bond donors (Lipinski definition) is 2. The molecule has 0 bridgehead atoms. The van der Waals surface area contributed by atoms with Crippen molar-refractivity contribution in [3.63, 3.8) is 0 Å². The minimum atomic E-state index is 0.262. The van der Waals surface area contributed by atoms with Gasteiger partial charge in [-0.25, -0.2) is 4.98 Å². The molecule has 0 aliphatic carbocycles. The molecule has 78 valence electrons. The summed E-state index contributed by atoms with van der Waals surface area (Å²) in [5.41, 5.74) is 0. The number of nitrogens with one attached hydrogen (secondary N) is 1. The number of nitrogens with zero attached hydrogens (tertiary/aromatic N) is 1. The number of aromatic nitrogens is 1. The smallest absolute Gasteiger partial charge is 0.126 e. The monoisotopic (exact) mass is 212 g/mol. The molecule has 1 aromatic heterocycles. The fourth-order valence-electron chi connectivity index (χ4n) is 1.03. The highest BCUT2D eigenvalue weighted by atomic mass is 32.2. The lowest BCUT2D eigenvalue weighted by Gasteiger charge is -2.04. The van der Waals surface area contributed by atoms with Crippen molar-refractivity contribution in [2.75, 3.05) is 24.2 Å². The third-order valence-corrected chi connectivity index (χ3v) is 2.74. The molecule has 0 atom stereocenters. The van der Waals surface area contributed by atoms with E-state index in [1.165, 1.54) is 4.90 Å². The third-order valence-electron chi connectivity index (χ3n) is 1.66. The molecule has 0 aliphatic heterocycles. The van der Waals surface area contributed by atoms with Crippen LogP contribution in [0.1, 0.15) is 13.3 Å². The number of aliphatic hydroxyl groups is 1. The van der Waals surface area contributed by atoms with Gasteiger partial charge in [0.15, 0.2) is 0 Å². The summed E-state index contributed by atoms with van der Waals surface area (Å²) in [5.74, 6) is 1.87. The molecule has 0 amide bonds. The summed E-state index contributed by atoms with van der Waals surface area (Å²) >= 11 is 1.75. The van der Waals surface area contributed by atoms with Crippen molar-refractivity contribution in [2.24, 2.45) is 0 Å². The molecule has 0 spiro atoms. The second-order valence-corrected chi connectivity index (χ2v) is 4.00. The Morgan fingerprint density at radius 3 is 3.14 bits per heavy atom. The first kappa shape index (κ1) is 11.3. The molecule has 0 aliphatic rings. The average molecular weight is 212 g/mol. The third kappa shape index (κ3) is 3.98. The fourth-order valence-corrected chi connectivity index (χ4v) is 1.89. The van der Waals surface area contributed by atoms with Crippen LogP contribution in [0, 0.1) is 0 Å². The lowest BCUT2D eigenvalue weighted by atomic mass is 10.4. The molecule has 2 N–H and O–H groups in total. The van der Waals surface area contributed by atoms with Crippen molar-refractivity contribution in [1.29, 1.82) is 0 Å². The number of anilines is 1. The molecule has 0 radical (unpaired) electrons. The number of rotatable bonds is 6. The van der Waals surface area contributed by atoms with Crippen molar-refractivity contribution in [2.45, 2.75) is 18.2 Å². The van der Waals surface area contributed by atoms with Gasteiger partial charge in [0.1, 0.15) is 5.82 Å². The predicted octanol–water partition coefficient (Wildman–Crippen LogP) is 1.99. The highest BCUT2D eigenvalue weighted by molar-refractivity contribution is 7.99. The van der Waals surface area contributed by atoms with Crippen LogP contribution in [0.25, 0.3) is 0 Å². The molecular formula is C10H16N2OS. The summed E-state index contributed by atoms with van der Waals surface area (Å²) in [7, 11) is 0. The summed E-state index contributed by atoms with van der Waals surface area (Å²) in [4.78, 5) is 5.38. The van der Waals surface area contributed by atoms with Gasteiger partial charge in [0.05, 0.1) is 0 Å². The fraction of sp³-hybridized carbons (Fsp3) is 0.500. The largest absolute Gasteiger partial charge is 0.396 e. The van der Waals surface area contributed by atoms with Crippen LogP contribution in [0.15, 0.2) is 23.2 Å². The van der Waals surface area contributed by atoms with Crippen molar-refractivity contribution in [3.05, 3.63) is 18.3 Å². The predicted molar refractivity (Wildman–Crippen MR) is 60.8 cm³/mol. The van der Waals surface area contributed by atoms with E-state index in [1.54, 1.807) is 18.0 Å². The van der Waals surface area contributed by atoms with Crippen LogP contribution in [0.5, 0.6) is 0 Å². The number of thioether (sulfide) groups is 1. The first-order chi connectivity index (χ1) is 6.86. The quantitative estimate of drug-likeness (QED) is 0.559. The first-order valence-electron chi connectivity index (χ1n) is 4.80. The van der Waals surface area contributed by atoms with E-state index in [0.717, 1.165) is 24.5 Å². The molecule has 0 fully saturated rings. The van der Waals surface area contributed by atoms with E-state index in [-0.39, 0.29) is 6.61 Å². The van der Waals surface area contributed by atoms with E-state index >= 15 is 0 Å². The maximum absolute atomic E-state index is 8.65. The average Bonchev–Trinajstić information content (AvgIpc) is 2.19. The second-order valence-electron chi connectivity index (χ2n) is 2.83. The number of aliphatic hydroxyl groups excluding tert-OH is 1. The molecule has 4 heteroatoms. The Kier molecular flexibility index (Phi) is 5.40. The summed E-state index contributed by atoms with van der Waals surface area (Å²) in [5, 5.41) is 11.8. The molecule has 0 saturated heterocycles. The van der Waals surface area contributed by atoms with Gasteiger partial charge in [-0.1, -0.05) is 0 Å². The summed E-state index contributed by atoms with van der Waals surface area (Å²) in [6, 6.07) is 4.02. The van der Waals surface area contributed by atoms with E-state index in [0.29, 0.717) is 0 Å². The minimum Gasteiger partial charge on any atom is -0.396 e. The second kappa shape index (κ2) is 6.68. The van der Waals surface area contributed by atoms with Crippen molar-refractivity contribution in [3.8, 4) is 0 Å². The summed E-state index contributed by atoms with van der Waals surface area (Å²) < 4.78 is 0. The highest BCUT2D eigenvalue weighted by Gasteiger charge is 1.96. The van der Waals surface area contributed by atoms with E-state index in [4.69, 9.17) is 5.11 Å². The number of pyridine rings is 1. The Labute approximate surface area is 88.9 Å². The molecule has 0 unspecified atom stereocenters. The zero-order chi connectivity index (χ0) is 10.2. The normalized spacial score (nSPS) is 10.1. The van der Waals surface area contributed by atoms with E-state index < -0.39 is 0 Å². The van der Waals surface area contributed by atoms with Gasteiger partial charge in [0, 0.05) is 30.0 Å². The van der Waals surface area contributed by atoms with Gasteiger partial charge in [0.25, 0.3) is 0 Å². The molecule has 0 saturated carbocycles. The van der Waals surface area contributed by atoms with Crippen molar-refractivity contribution in [1.82, 2.24) is 4.98 Å². The van der Waals surface area contributed by atoms with E-state index in [9.17, 15) is 0 Å². The van der Waals surface area contributed by atoms with Crippen LogP contribution in [-0.4, -0.2) is 29.0 Å². The Morgan fingerprint density at radius 2 is 2.43 bits per heavy atom. The van der Waals surface area contributed by atoms with Gasteiger partial charge in [-0.2, -0.15) is 0 Å². The maximum atomic E-state index is 8.65. The standard InChI is InChI=1S/C10H16N2OS/c1-2-11-10-8-9(4-5-12-10)14-7-3-6-13/h4-5,8,13H,2-3,6-7H2,1H3,(H,11,12). The van der Waals surface area contributed by atoms with Crippen molar-refractivity contribution >= 4 is 17.6 Å². The molecule has 1 rings (SSSR count). The molecule has 3 nitrogen and oxygen atoms in total. The van der Waals surface area contributed by atoms with Crippen molar-refractivity contribution < 1.29 is 5.11 Å². The van der Waals surface area contributed by atoms with Gasteiger partial charge in [-0.05, 0) is 25.5 Å². The Hall–Kier alpha value is -0.740. The van der Waals surface area contributed by atoms with Gasteiger partial charge >= 0.3 is 0 Å². The Bertz CT molecular complexity index is 268. The minimum absolute atomic E-state index is 0.262. The van der Waals surface area contributed by atoms with Crippen LogP contribution in [0.2, 0.25) is 0 Å². The SMILES string of the molecule is CCNc1cc(SCCCO)ccn1. The Balaban J connectivity index is 2.46. The molecule has 1 heterocycles. The van der Waals surface area contributed by atoms with Gasteiger partial charge in [-0.3, -0.25) is 0 Å². The zero-order valence-corrected chi connectivity index (χ0v) is 9.18. The molecule has 1 aromatic rings. The van der Waals surface area contributed by atoms with Crippen LogP contribution < -0.4 is 5.32 Å². The van der Waals surface area contributed by atoms with Crippen LogP contribution in [0.4, 0.5) is 5.82 Å². The highest BCUT2D eigenvalue weighted by Crippen LogP contribution is 2.20. The summed E-state index contributed by atoms with van der Waals surface area (Å²) in [6.45, 7) is 3.20. The Morgan fingerprint density at radius 1 is 1.57 bits per heavy atom. The molecular weight excluding hydrogens is 196 g/mol. The first-order valence-corrected chi connectivity index (χ1v) is 5.79. The zero-order valence-electron chi connectivity index (χ0n) is 8.36. The lowest BCUT2D eigenvalue weighted by molar-refractivity contribution is 0.296. The van der Waals surface area contributed by atoms with Crippen LogP contribution in [-0.2, 0) is 0 Å². The number of hydrogen-bond acceptors (Lipinski definition) is 4. The van der Waals surface area contributed by atoms with E-state index in [2.05, 4.69) is 10.3 Å². The lowest BCUT2D eigenvalue weighted by Crippen LogP contribution is -1.98. The van der Waals surface area contributed by atoms with Gasteiger partial charge < -0.3 is 10.4 Å².